The van der Waals surface area contributed by atoms with Crippen LogP contribution in [0, 0.1) is 0 Å². The second kappa shape index (κ2) is 6.52. The van der Waals surface area contributed by atoms with Crippen LogP contribution in [0.4, 0.5) is 5.82 Å². The average molecular weight is 334 g/mol. The van der Waals surface area contributed by atoms with E-state index in [1.807, 2.05) is 31.2 Å². The molecule has 1 atom stereocenters. The Morgan fingerprint density at radius 2 is 2.10 bits per heavy atom. The molecule has 0 spiro atoms. The van der Waals surface area contributed by atoms with Crippen molar-refractivity contribution < 1.29 is 4.79 Å². The average Bonchev–Trinajstić information content (AvgIpc) is 2.47. The number of halogens is 1. The number of hydrogen-bond acceptors (Lipinski definition) is 3. The van der Waals surface area contributed by atoms with Gasteiger partial charge in [-0.2, -0.15) is 0 Å². The zero-order valence-electron chi connectivity index (χ0n) is 11.4. The molecular weight excluding hydrogens is 318 g/mol. The molecule has 20 heavy (non-hydrogen) atoms. The molecule has 0 aliphatic rings. The van der Waals surface area contributed by atoms with Crippen molar-refractivity contribution in [2.75, 3.05) is 12.4 Å². The van der Waals surface area contributed by atoms with E-state index < -0.39 is 0 Å². The first-order chi connectivity index (χ1) is 9.60. The summed E-state index contributed by atoms with van der Waals surface area (Å²) in [5, 5.41) is 5.89. The molecule has 0 radical (unpaired) electrons. The molecule has 5 heteroatoms. The second-order valence-corrected chi connectivity index (χ2v) is 5.35. The zero-order valence-corrected chi connectivity index (χ0v) is 12.9. The fourth-order valence-corrected chi connectivity index (χ4v) is 2.26. The van der Waals surface area contributed by atoms with E-state index >= 15 is 0 Å². The van der Waals surface area contributed by atoms with Crippen molar-refractivity contribution in [2.45, 2.75) is 13.0 Å². The lowest BCUT2D eigenvalue weighted by Gasteiger charge is -2.15. The Balaban J connectivity index is 2.10. The summed E-state index contributed by atoms with van der Waals surface area (Å²) in [6, 6.07) is 11.3. The third kappa shape index (κ3) is 3.57. The highest BCUT2D eigenvalue weighted by atomic mass is 79.9. The minimum Gasteiger partial charge on any atom is -0.373 e. The van der Waals surface area contributed by atoms with E-state index in [1.165, 1.54) is 0 Å². The highest BCUT2D eigenvalue weighted by Gasteiger charge is 2.12. The molecule has 104 valence electrons. The molecule has 1 aromatic carbocycles. The molecule has 0 aliphatic heterocycles. The molecule has 0 saturated carbocycles. The Bertz CT molecular complexity index is 616. The van der Waals surface area contributed by atoms with Gasteiger partial charge in [0.2, 0.25) is 0 Å². The quantitative estimate of drug-likeness (QED) is 0.901. The Morgan fingerprint density at radius 3 is 2.80 bits per heavy atom. The van der Waals surface area contributed by atoms with E-state index in [-0.39, 0.29) is 11.9 Å². The molecule has 2 N–H and O–H groups in total. The number of carbonyl (C=O) groups excluding carboxylic acids is 1. The fraction of sp³-hybridized carbons (Fsp3) is 0.200. The summed E-state index contributed by atoms with van der Waals surface area (Å²) in [5.41, 5.74) is 1.64. The monoisotopic (exact) mass is 333 g/mol. The lowest BCUT2D eigenvalue weighted by Crippen LogP contribution is -2.26. The van der Waals surface area contributed by atoms with Crippen LogP contribution >= 0.6 is 15.9 Å². The van der Waals surface area contributed by atoms with Crippen molar-refractivity contribution in [3.63, 3.8) is 0 Å². The van der Waals surface area contributed by atoms with Crippen molar-refractivity contribution in [3.05, 3.63) is 58.2 Å². The Labute approximate surface area is 126 Å². The first-order valence-electron chi connectivity index (χ1n) is 6.30. The van der Waals surface area contributed by atoms with Gasteiger partial charge >= 0.3 is 0 Å². The van der Waals surface area contributed by atoms with Gasteiger partial charge < -0.3 is 10.6 Å². The SMILES string of the molecule is CNc1cc(C(=O)NC(C)c2cccc(Br)c2)ccn1. The number of rotatable bonds is 4. The van der Waals surface area contributed by atoms with Crippen LogP contribution in [0.2, 0.25) is 0 Å². The number of nitrogens with one attached hydrogen (secondary N) is 2. The van der Waals surface area contributed by atoms with Crippen LogP contribution in [-0.2, 0) is 0 Å². The fourth-order valence-electron chi connectivity index (χ4n) is 1.85. The van der Waals surface area contributed by atoms with E-state index in [1.54, 1.807) is 25.4 Å². The van der Waals surface area contributed by atoms with E-state index in [4.69, 9.17) is 0 Å². The number of aromatic nitrogens is 1. The number of carbonyl (C=O) groups is 1. The second-order valence-electron chi connectivity index (χ2n) is 4.43. The summed E-state index contributed by atoms with van der Waals surface area (Å²) in [5.74, 6) is 0.559. The molecule has 0 aliphatic carbocycles. The first-order valence-corrected chi connectivity index (χ1v) is 7.09. The van der Waals surface area contributed by atoms with Crippen molar-refractivity contribution in [3.8, 4) is 0 Å². The van der Waals surface area contributed by atoms with E-state index in [0.717, 1.165) is 10.0 Å². The molecular formula is C15H16BrN3O. The van der Waals surface area contributed by atoms with E-state index in [0.29, 0.717) is 11.4 Å². The maximum atomic E-state index is 12.2. The van der Waals surface area contributed by atoms with Gasteiger partial charge in [-0.15, -0.1) is 0 Å². The van der Waals surface area contributed by atoms with Gasteiger partial charge in [0.05, 0.1) is 6.04 Å². The molecule has 0 saturated heterocycles. The van der Waals surface area contributed by atoms with Crippen LogP contribution in [0.3, 0.4) is 0 Å². The molecule has 0 bridgehead atoms. The Hall–Kier alpha value is -1.88. The van der Waals surface area contributed by atoms with Crippen molar-refractivity contribution in [1.29, 1.82) is 0 Å². The minimum atomic E-state index is -0.114. The molecule has 1 heterocycles. The Kier molecular flexibility index (Phi) is 4.74. The summed E-state index contributed by atoms with van der Waals surface area (Å²) >= 11 is 3.43. The maximum Gasteiger partial charge on any atom is 0.251 e. The molecule has 1 unspecified atom stereocenters. The summed E-state index contributed by atoms with van der Waals surface area (Å²) in [6.07, 6.45) is 1.62. The molecule has 1 amide bonds. The molecule has 0 fully saturated rings. The number of hydrogen-bond donors (Lipinski definition) is 2. The predicted molar refractivity (Wildman–Crippen MR) is 83.8 cm³/mol. The van der Waals surface area contributed by atoms with Gasteiger partial charge in [-0.1, -0.05) is 28.1 Å². The third-order valence-electron chi connectivity index (χ3n) is 2.97. The maximum absolute atomic E-state index is 12.2. The number of benzene rings is 1. The molecule has 2 aromatic rings. The van der Waals surface area contributed by atoms with Crippen LogP contribution in [0.25, 0.3) is 0 Å². The van der Waals surface area contributed by atoms with Gasteiger partial charge in [0.25, 0.3) is 5.91 Å². The highest BCUT2D eigenvalue weighted by molar-refractivity contribution is 9.10. The van der Waals surface area contributed by atoms with Crippen molar-refractivity contribution in [2.24, 2.45) is 0 Å². The van der Waals surface area contributed by atoms with Gasteiger partial charge in [-0.05, 0) is 36.8 Å². The summed E-state index contributed by atoms with van der Waals surface area (Å²) in [6.45, 7) is 1.96. The topological polar surface area (TPSA) is 54.0 Å². The lowest BCUT2D eigenvalue weighted by molar-refractivity contribution is 0.0940. The number of nitrogens with zero attached hydrogens (tertiary/aromatic N) is 1. The van der Waals surface area contributed by atoms with E-state index in [9.17, 15) is 4.79 Å². The normalized spacial score (nSPS) is 11.8. The van der Waals surface area contributed by atoms with Gasteiger partial charge in [0.1, 0.15) is 5.82 Å². The zero-order chi connectivity index (χ0) is 14.5. The predicted octanol–water partition coefficient (Wildman–Crippen LogP) is 3.38. The van der Waals surface area contributed by atoms with Gasteiger partial charge in [-0.25, -0.2) is 4.98 Å². The standard InChI is InChI=1S/C15H16BrN3O/c1-10(11-4-3-5-13(16)8-11)19-15(20)12-6-7-18-14(9-12)17-2/h3-10H,1-2H3,(H,17,18)(H,19,20). The minimum absolute atomic E-state index is 0.0637. The number of anilines is 1. The summed E-state index contributed by atoms with van der Waals surface area (Å²) < 4.78 is 0.998. The van der Waals surface area contributed by atoms with Gasteiger partial charge in [0, 0.05) is 23.3 Å². The van der Waals surface area contributed by atoms with Crippen molar-refractivity contribution in [1.82, 2.24) is 10.3 Å². The number of pyridine rings is 1. The van der Waals surface area contributed by atoms with Gasteiger partial charge in [0.15, 0.2) is 0 Å². The van der Waals surface area contributed by atoms with Crippen molar-refractivity contribution >= 4 is 27.7 Å². The number of amides is 1. The lowest BCUT2D eigenvalue weighted by atomic mass is 10.1. The highest BCUT2D eigenvalue weighted by Crippen LogP contribution is 2.18. The molecule has 4 nitrogen and oxygen atoms in total. The molecule has 1 aromatic heterocycles. The first kappa shape index (κ1) is 14.5. The van der Waals surface area contributed by atoms with Crippen LogP contribution in [0.1, 0.15) is 28.9 Å². The third-order valence-corrected chi connectivity index (χ3v) is 3.47. The van der Waals surface area contributed by atoms with Crippen LogP contribution in [0.15, 0.2) is 47.1 Å². The summed E-state index contributed by atoms with van der Waals surface area (Å²) in [4.78, 5) is 16.3. The summed E-state index contributed by atoms with van der Waals surface area (Å²) in [7, 11) is 1.77. The molecule has 2 rings (SSSR count). The van der Waals surface area contributed by atoms with Crippen LogP contribution in [-0.4, -0.2) is 17.9 Å². The van der Waals surface area contributed by atoms with Crippen LogP contribution in [0.5, 0.6) is 0 Å². The smallest absolute Gasteiger partial charge is 0.251 e. The Morgan fingerprint density at radius 1 is 1.30 bits per heavy atom. The van der Waals surface area contributed by atoms with Crippen LogP contribution < -0.4 is 10.6 Å². The largest absolute Gasteiger partial charge is 0.373 e. The van der Waals surface area contributed by atoms with Gasteiger partial charge in [-0.3, -0.25) is 4.79 Å². The van der Waals surface area contributed by atoms with E-state index in [2.05, 4.69) is 31.5 Å².